The van der Waals surface area contributed by atoms with Gasteiger partial charge in [-0.15, -0.1) is 0 Å². The maximum Gasteiger partial charge on any atom is 0.339 e. The highest BCUT2D eigenvalue weighted by atomic mass is 16.4. The van der Waals surface area contributed by atoms with Gasteiger partial charge in [-0.05, 0) is 42.9 Å². The molecule has 0 bridgehead atoms. The number of benzene rings is 1. The minimum Gasteiger partial charge on any atom is -0.507 e. The molecule has 3 N–H and O–H groups in total. The fourth-order valence-electron chi connectivity index (χ4n) is 3.39. The standard InChI is InChI=1S/C15H17NO4/c17-12-6-5-8(7-11(12)15(19)20)16-14(18)13-9-3-1-2-4-10(9)13/h5-7,9-10,13,17H,1-4H2,(H,16,18)(H,19,20). The van der Waals surface area contributed by atoms with Crippen molar-refractivity contribution in [3.63, 3.8) is 0 Å². The Kier molecular flexibility index (Phi) is 3.12. The number of phenols is 1. The third-order valence-corrected chi connectivity index (χ3v) is 4.45. The second kappa shape index (κ2) is 4.81. The van der Waals surface area contributed by atoms with E-state index in [4.69, 9.17) is 5.11 Å². The predicted molar refractivity (Wildman–Crippen MR) is 72.6 cm³/mol. The summed E-state index contributed by atoms with van der Waals surface area (Å²) < 4.78 is 0. The molecule has 0 aromatic heterocycles. The predicted octanol–water partition coefficient (Wildman–Crippen LogP) is 2.47. The number of anilines is 1. The number of rotatable bonds is 3. The van der Waals surface area contributed by atoms with Crippen molar-refractivity contribution in [2.24, 2.45) is 17.8 Å². The summed E-state index contributed by atoms with van der Waals surface area (Å²) in [7, 11) is 0. The first kappa shape index (κ1) is 13.0. The molecule has 5 nitrogen and oxygen atoms in total. The van der Waals surface area contributed by atoms with Crippen LogP contribution in [0.15, 0.2) is 18.2 Å². The molecule has 1 aromatic carbocycles. The topological polar surface area (TPSA) is 86.6 Å². The van der Waals surface area contributed by atoms with Gasteiger partial charge in [0.15, 0.2) is 0 Å². The van der Waals surface area contributed by atoms with Crippen molar-refractivity contribution in [2.45, 2.75) is 25.7 Å². The van der Waals surface area contributed by atoms with Gasteiger partial charge in [-0.2, -0.15) is 0 Å². The largest absolute Gasteiger partial charge is 0.507 e. The normalized spacial score (nSPS) is 27.5. The Hall–Kier alpha value is -2.04. The first-order chi connectivity index (χ1) is 9.58. The van der Waals surface area contributed by atoms with Gasteiger partial charge in [-0.1, -0.05) is 12.8 Å². The lowest BCUT2D eigenvalue weighted by atomic mass is 10.0. The Labute approximate surface area is 116 Å². The monoisotopic (exact) mass is 275 g/mol. The quantitative estimate of drug-likeness (QED) is 0.739. The van der Waals surface area contributed by atoms with E-state index >= 15 is 0 Å². The number of aromatic carboxylic acids is 1. The van der Waals surface area contributed by atoms with E-state index < -0.39 is 5.97 Å². The zero-order chi connectivity index (χ0) is 14.3. The SMILES string of the molecule is O=C(O)c1cc(NC(=O)C2C3CCCCC32)ccc1O. The van der Waals surface area contributed by atoms with Gasteiger partial charge in [-0.25, -0.2) is 4.79 Å². The van der Waals surface area contributed by atoms with Gasteiger partial charge in [0.05, 0.1) is 0 Å². The molecule has 2 saturated carbocycles. The molecule has 2 aliphatic carbocycles. The van der Waals surface area contributed by atoms with Gasteiger partial charge >= 0.3 is 5.97 Å². The Morgan fingerprint density at radius 3 is 2.40 bits per heavy atom. The van der Waals surface area contributed by atoms with Crippen molar-refractivity contribution in [1.29, 1.82) is 0 Å². The zero-order valence-corrected chi connectivity index (χ0v) is 11.0. The molecular weight excluding hydrogens is 258 g/mol. The summed E-state index contributed by atoms with van der Waals surface area (Å²) in [6.07, 6.45) is 4.65. The van der Waals surface area contributed by atoms with Gasteiger partial charge in [-0.3, -0.25) is 4.79 Å². The third-order valence-electron chi connectivity index (χ3n) is 4.45. The number of carboxylic acid groups (broad SMARTS) is 1. The molecule has 0 aliphatic heterocycles. The number of nitrogens with one attached hydrogen (secondary N) is 1. The number of carboxylic acids is 1. The molecule has 1 amide bonds. The van der Waals surface area contributed by atoms with E-state index in [1.165, 1.54) is 31.0 Å². The summed E-state index contributed by atoms with van der Waals surface area (Å²) in [6.45, 7) is 0. The second-order valence-electron chi connectivity index (χ2n) is 5.66. The molecule has 20 heavy (non-hydrogen) atoms. The minimum atomic E-state index is -1.21. The molecule has 2 atom stereocenters. The average molecular weight is 275 g/mol. The Bertz CT molecular complexity index is 557. The van der Waals surface area contributed by atoms with E-state index in [9.17, 15) is 14.7 Å². The van der Waals surface area contributed by atoms with Crippen LogP contribution < -0.4 is 5.32 Å². The molecule has 0 radical (unpaired) electrons. The van der Waals surface area contributed by atoms with Crippen LogP contribution in [0.25, 0.3) is 0 Å². The van der Waals surface area contributed by atoms with Crippen molar-refractivity contribution in [2.75, 3.05) is 5.32 Å². The van der Waals surface area contributed by atoms with Crippen LogP contribution in [-0.2, 0) is 4.79 Å². The first-order valence-electron chi connectivity index (χ1n) is 6.95. The molecule has 0 spiro atoms. The number of fused-ring (bicyclic) bond motifs is 1. The number of hydrogen-bond acceptors (Lipinski definition) is 3. The van der Waals surface area contributed by atoms with E-state index in [0.29, 0.717) is 17.5 Å². The molecule has 0 saturated heterocycles. The molecule has 1 aromatic rings. The van der Waals surface area contributed by atoms with Gasteiger partial charge in [0.1, 0.15) is 11.3 Å². The smallest absolute Gasteiger partial charge is 0.339 e. The van der Waals surface area contributed by atoms with Crippen LogP contribution in [-0.4, -0.2) is 22.1 Å². The van der Waals surface area contributed by atoms with E-state index in [1.807, 2.05) is 0 Å². The fourth-order valence-corrected chi connectivity index (χ4v) is 3.39. The van der Waals surface area contributed by atoms with Crippen LogP contribution >= 0.6 is 0 Å². The minimum absolute atomic E-state index is 0.0241. The van der Waals surface area contributed by atoms with Crippen LogP contribution in [0.5, 0.6) is 5.75 Å². The van der Waals surface area contributed by atoms with E-state index in [1.54, 1.807) is 0 Å². The van der Waals surface area contributed by atoms with Crippen LogP contribution in [0.3, 0.4) is 0 Å². The maximum atomic E-state index is 12.2. The highest BCUT2D eigenvalue weighted by molar-refractivity contribution is 5.97. The number of carbonyl (C=O) groups is 2. The van der Waals surface area contributed by atoms with Gasteiger partial charge in [0, 0.05) is 11.6 Å². The van der Waals surface area contributed by atoms with E-state index in [2.05, 4.69) is 5.32 Å². The third kappa shape index (κ3) is 2.24. The molecule has 3 rings (SSSR count). The van der Waals surface area contributed by atoms with Crippen molar-refractivity contribution < 1.29 is 19.8 Å². The van der Waals surface area contributed by atoms with Crippen molar-refractivity contribution in [3.8, 4) is 5.75 Å². The van der Waals surface area contributed by atoms with Gasteiger partial charge in [0.25, 0.3) is 0 Å². The van der Waals surface area contributed by atoms with E-state index in [-0.39, 0.29) is 23.1 Å². The second-order valence-corrected chi connectivity index (χ2v) is 5.66. The van der Waals surface area contributed by atoms with Gasteiger partial charge < -0.3 is 15.5 Å². The first-order valence-corrected chi connectivity index (χ1v) is 6.95. The van der Waals surface area contributed by atoms with Crippen LogP contribution in [0.2, 0.25) is 0 Å². The summed E-state index contributed by atoms with van der Waals surface area (Å²) in [5, 5.41) is 21.1. The molecule has 5 heteroatoms. The highest BCUT2D eigenvalue weighted by Gasteiger charge is 2.54. The number of amides is 1. The van der Waals surface area contributed by atoms with E-state index in [0.717, 1.165) is 12.8 Å². The Morgan fingerprint density at radius 1 is 1.15 bits per heavy atom. The fraction of sp³-hybridized carbons (Fsp3) is 0.467. The average Bonchev–Trinajstić information content (AvgIpc) is 3.15. The van der Waals surface area contributed by atoms with Crippen LogP contribution in [0.1, 0.15) is 36.0 Å². The maximum absolute atomic E-state index is 12.2. The highest BCUT2D eigenvalue weighted by Crippen LogP contribution is 2.55. The lowest BCUT2D eigenvalue weighted by Gasteiger charge is -2.07. The number of hydrogen-bond donors (Lipinski definition) is 3. The Balaban J connectivity index is 1.70. The molecular formula is C15H17NO4. The lowest BCUT2D eigenvalue weighted by molar-refractivity contribution is -0.117. The summed E-state index contributed by atoms with van der Waals surface area (Å²) in [5.41, 5.74) is 0.227. The molecule has 0 heterocycles. The van der Waals surface area contributed by atoms with Gasteiger partial charge in [0.2, 0.25) is 5.91 Å². The Morgan fingerprint density at radius 2 is 1.80 bits per heavy atom. The summed E-state index contributed by atoms with van der Waals surface area (Å²) in [5.74, 6) is -0.419. The van der Waals surface area contributed by atoms with Crippen LogP contribution in [0.4, 0.5) is 5.69 Å². The number of aromatic hydroxyl groups is 1. The van der Waals surface area contributed by atoms with Crippen molar-refractivity contribution in [3.05, 3.63) is 23.8 Å². The van der Waals surface area contributed by atoms with Crippen LogP contribution in [0, 0.1) is 17.8 Å². The van der Waals surface area contributed by atoms with Crippen molar-refractivity contribution >= 4 is 17.6 Å². The summed E-state index contributed by atoms with van der Waals surface area (Å²) in [4.78, 5) is 23.1. The molecule has 2 fully saturated rings. The molecule has 2 aliphatic rings. The summed E-state index contributed by atoms with van der Waals surface area (Å²) >= 11 is 0. The molecule has 106 valence electrons. The zero-order valence-electron chi connectivity index (χ0n) is 11.0. The number of carbonyl (C=O) groups excluding carboxylic acids is 1. The summed E-state index contributed by atoms with van der Waals surface area (Å²) in [6, 6.07) is 4.10. The van der Waals surface area contributed by atoms with Crippen molar-refractivity contribution in [1.82, 2.24) is 0 Å². The lowest BCUT2D eigenvalue weighted by Crippen LogP contribution is -2.15. The molecule has 2 unspecified atom stereocenters.